The molecule has 3 rings (SSSR count). The molecule has 1 atom stereocenters. The molecule has 0 aliphatic carbocycles. The normalized spacial score (nSPS) is 25.0. The van der Waals surface area contributed by atoms with E-state index in [9.17, 15) is 4.79 Å². The van der Waals surface area contributed by atoms with Gasteiger partial charge >= 0.3 is 0 Å². The first-order chi connectivity index (χ1) is 10.1. The van der Waals surface area contributed by atoms with Crippen LogP contribution in [0.4, 0.5) is 0 Å². The van der Waals surface area contributed by atoms with E-state index in [2.05, 4.69) is 15.9 Å². The highest BCUT2D eigenvalue weighted by molar-refractivity contribution is 9.10. The number of hydrogen-bond acceptors (Lipinski definition) is 3. The molecule has 0 N–H and O–H groups in total. The van der Waals surface area contributed by atoms with Crippen molar-refractivity contribution in [3.63, 3.8) is 0 Å². The molecule has 114 valence electrons. The fraction of sp³-hybridized carbons (Fsp3) is 0.588. The first-order valence-electron chi connectivity index (χ1n) is 7.62. The molecule has 2 aliphatic heterocycles. The molecule has 4 heteroatoms. The van der Waals surface area contributed by atoms with Crippen LogP contribution in [0.1, 0.15) is 41.6 Å². The summed E-state index contributed by atoms with van der Waals surface area (Å²) in [6.45, 7) is 2.75. The molecule has 0 aromatic heterocycles. The molecule has 0 amide bonds. The second kappa shape index (κ2) is 6.43. The van der Waals surface area contributed by atoms with Crippen LogP contribution in [0, 0.1) is 12.8 Å². The number of carbonyl (C=O) groups is 1. The minimum Gasteiger partial charge on any atom is -0.375 e. The molecule has 21 heavy (non-hydrogen) atoms. The van der Waals surface area contributed by atoms with Gasteiger partial charge in [-0.05, 0) is 61.8 Å². The van der Waals surface area contributed by atoms with Gasteiger partial charge in [-0.2, -0.15) is 11.8 Å². The van der Waals surface area contributed by atoms with Crippen molar-refractivity contribution in [1.82, 2.24) is 0 Å². The molecule has 1 unspecified atom stereocenters. The van der Waals surface area contributed by atoms with E-state index in [4.69, 9.17) is 4.74 Å². The first kappa shape index (κ1) is 15.6. The number of Topliss-reactive ketones (excluding diaryl/α,β-unsaturated/α-hetero) is 1. The lowest BCUT2D eigenvalue weighted by Crippen LogP contribution is -2.44. The highest BCUT2D eigenvalue weighted by Crippen LogP contribution is 2.40. The summed E-state index contributed by atoms with van der Waals surface area (Å²) in [5.41, 5.74) is 1.92. The van der Waals surface area contributed by atoms with Crippen molar-refractivity contribution in [3.05, 3.63) is 33.8 Å². The Bertz CT molecular complexity index is 532. The molecule has 0 saturated carbocycles. The van der Waals surface area contributed by atoms with Crippen LogP contribution < -0.4 is 0 Å². The van der Waals surface area contributed by atoms with E-state index >= 15 is 0 Å². The summed E-state index contributed by atoms with van der Waals surface area (Å²) in [6.07, 6.45) is 3.95. The quantitative estimate of drug-likeness (QED) is 0.711. The number of ether oxygens (including phenoxy) is 1. The summed E-state index contributed by atoms with van der Waals surface area (Å²) in [6, 6.07) is 5.98. The number of aryl methyl sites for hydroxylation is 1. The molecule has 2 nitrogen and oxygen atoms in total. The van der Waals surface area contributed by atoms with Crippen molar-refractivity contribution in [1.29, 1.82) is 0 Å². The van der Waals surface area contributed by atoms with Crippen LogP contribution in [0.5, 0.6) is 0 Å². The molecule has 1 spiro atoms. The second-order valence-corrected chi connectivity index (χ2v) is 8.30. The average Bonchev–Trinajstić information content (AvgIpc) is 2.50. The molecule has 2 aliphatic rings. The minimum atomic E-state index is -0.0241. The third-order valence-electron chi connectivity index (χ3n) is 4.73. The number of benzene rings is 1. The SMILES string of the molecule is Cc1ccc(Br)cc1C(=O)C1CCOC2(CCSCC2)C1. The number of rotatable bonds is 2. The maximum absolute atomic E-state index is 12.9. The molecule has 0 radical (unpaired) electrons. The Kier molecular flexibility index (Phi) is 4.77. The van der Waals surface area contributed by atoms with Crippen molar-refractivity contribution in [2.24, 2.45) is 5.92 Å². The van der Waals surface area contributed by atoms with Crippen LogP contribution in [-0.2, 0) is 4.74 Å². The molecule has 0 bridgehead atoms. The predicted octanol–water partition coefficient (Wildman–Crippen LogP) is 4.63. The van der Waals surface area contributed by atoms with Crippen molar-refractivity contribution in [3.8, 4) is 0 Å². The summed E-state index contributed by atoms with van der Waals surface area (Å²) in [7, 11) is 0. The number of carbonyl (C=O) groups excluding carboxylic acids is 1. The van der Waals surface area contributed by atoms with Crippen molar-refractivity contribution in [2.45, 2.75) is 38.2 Å². The van der Waals surface area contributed by atoms with Gasteiger partial charge in [-0.3, -0.25) is 4.79 Å². The molecule has 2 heterocycles. The van der Waals surface area contributed by atoms with Crippen molar-refractivity contribution in [2.75, 3.05) is 18.1 Å². The van der Waals surface area contributed by atoms with Gasteiger partial charge in [-0.1, -0.05) is 22.0 Å². The lowest BCUT2D eigenvalue weighted by atomic mass is 9.78. The Hall–Kier alpha value is -0.320. The predicted molar refractivity (Wildman–Crippen MR) is 91.2 cm³/mol. The molecule has 1 aromatic carbocycles. The fourth-order valence-corrected chi connectivity index (χ4v) is 5.02. The van der Waals surface area contributed by atoms with Gasteiger partial charge in [0.05, 0.1) is 5.60 Å². The average molecular weight is 369 g/mol. The van der Waals surface area contributed by atoms with Gasteiger partial charge < -0.3 is 4.74 Å². The lowest BCUT2D eigenvalue weighted by Gasteiger charge is -2.43. The van der Waals surface area contributed by atoms with Gasteiger partial charge in [0.25, 0.3) is 0 Å². The number of halogens is 1. The van der Waals surface area contributed by atoms with Gasteiger partial charge in [0.15, 0.2) is 5.78 Å². The standard InChI is InChI=1S/C17H21BrO2S/c1-12-2-3-14(18)10-15(12)16(19)13-4-7-20-17(11-13)5-8-21-9-6-17/h2-3,10,13H,4-9,11H2,1H3. The Labute approximate surface area is 139 Å². The Morgan fingerprint density at radius 2 is 2.14 bits per heavy atom. The van der Waals surface area contributed by atoms with Crippen molar-refractivity contribution >= 4 is 33.5 Å². The highest BCUT2D eigenvalue weighted by atomic mass is 79.9. The maximum Gasteiger partial charge on any atom is 0.166 e. The van der Waals surface area contributed by atoms with Crippen LogP contribution in [0.3, 0.4) is 0 Å². The van der Waals surface area contributed by atoms with E-state index in [1.807, 2.05) is 36.9 Å². The van der Waals surface area contributed by atoms with E-state index in [-0.39, 0.29) is 11.5 Å². The van der Waals surface area contributed by atoms with Crippen LogP contribution in [-0.4, -0.2) is 29.5 Å². The number of thioether (sulfide) groups is 1. The van der Waals surface area contributed by atoms with Crippen LogP contribution in [0.2, 0.25) is 0 Å². The summed E-state index contributed by atoms with van der Waals surface area (Å²) >= 11 is 5.48. The Balaban J connectivity index is 1.79. The summed E-state index contributed by atoms with van der Waals surface area (Å²) in [5, 5.41) is 0. The van der Waals surface area contributed by atoms with Crippen LogP contribution in [0.15, 0.2) is 22.7 Å². The number of hydrogen-bond donors (Lipinski definition) is 0. The molecule has 2 saturated heterocycles. The monoisotopic (exact) mass is 368 g/mol. The zero-order valence-electron chi connectivity index (χ0n) is 12.4. The first-order valence-corrected chi connectivity index (χ1v) is 9.56. The minimum absolute atomic E-state index is 0.0241. The van der Waals surface area contributed by atoms with Crippen LogP contribution >= 0.6 is 27.7 Å². The van der Waals surface area contributed by atoms with E-state index in [0.717, 1.165) is 59.4 Å². The van der Waals surface area contributed by atoms with E-state index in [1.165, 1.54) is 0 Å². The third-order valence-corrected chi connectivity index (χ3v) is 6.21. The molecule has 1 aromatic rings. The second-order valence-electron chi connectivity index (χ2n) is 6.16. The van der Waals surface area contributed by atoms with Crippen LogP contribution in [0.25, 0.3) is 0 Å². The van der Waals surface area contributed by atoms with Crippen molar-refractivity contribution < 1.29 is 9.53 Å². The third kappa shape index (κ3) is 3.38. The molecule has 2 fully saturated rings. The smallest absolute Gasteiger partial charge is 0.166 e. The van der Waals surface area contributed by atoms with Gasteiger partial charge in [-0.15, -0.1) is 0 Å². The zero-order valence-corrected chi connectivity index (χ0v) is 14.8. The van der Waals surface area contributed by atoms with E-state index < -0.39 is 0 Å². The summed E-state index contributed by atoms with van der Waals surface area (Å²) in [5.74, 6) is 2.75. The highest BCUT2D eigenvalue weighted by Gasteiger charge is 2.41. The van der Waals surface area contributed by atoms with Gasteiger partial charge in [-0.25, -0.2) is 0 Å². The largest absolute Gasteiger partial charge is 0.375 e. The van der Waals surface area contributed by atoms with E-state index in [0.29, 0.717) is 5.78 Å². The lowest BCUT2D eigenvalue weighted by molar-refractivity contribution is -0.0959. The Morgan fingerprint density at radius 3 is 2.90 bits per heavy atom. The van der Waals surface area contributed by atoms with Gasteiger partial charge in [0.2, 0.25) is 0 Å². The number of ketones is 1. The van der Waals surface area contributed by atoms with Gasteiger partial charge in [0, 0.05) is 22.6 Å². The maximum atomic E-state index is 12.9. The fourth-order valence-electron chi connectivity index (χ4n) is 3.42. The van der Waals surface area contributed by atoms with Gasteiger partial charge in [0.1, 0.15) is 0 Å². The molecular weight excluding hydrogens is 348 g/mol. The summed E-state index contributed by atoms with van der Waals surface area (Å²) in [4.78, 5) is 12.9. The molecular formula is C17H21BrO2S. The topological polar surface area (TPSA) is 26.3 Å². The summed E-state index contributed by atoms with van der Waals surface area (Å²) < 4.78 is 7.08. The zero-order chi connectivity index (χ0) is 14.9. The van der Waals surface area contributed by atoms with E-state index in [1.54, 1.807) is 0 Å². The Morgan fingerprint density at radius 1 is 1.38 bits per heavy atom.